The van der Waals surface area contributed by atoms with Crippen molar-refractivity contribution in [1.29, 1.82) is 0 Å². The van der Waals surface area contributed by atoms with E-state index in [4.69, 9.17) is 14.2 Å². The molecule has 0 radical (unpaired) electrons. The van der Waals surface area contributed by atoms with Crippen LogP contribution < -0.4 is 0 Å². The van der Waals surface area contributed by atoms with Gasteiger partial charge in [0, 0.05) is 19.3 Å². The summed E-state index contributed by atoms with van der Waals surface area (Å²) in [5.74, 6) is -1.00. The zero-order chi connectivity index (χ0) is 48.6. The summed E-state index contributed by atoms with van der Waals surface area (Å²) >= 11 is 0. The predicted molar refractivity (Wildman–Crippen MR) is 288 cm³/mol. The van der Waals surface area contributed by atoms with Crippen LogP contribution in [0.4, 0.5) is 0 Å². The van der Waals surface area contributed by atoms with Crippen molar-refractivity contribution < 1.29 is 28.6 Å². The molecule has 0 spiro atoms. The third kappa shape index (κ3) is 52.6. The lowest BCUT2D eigenvalue weighted by Crippen LogP contribution is -2.30. The molecule has 0 heterocycles. The first-order chi connectivity index (χ1) is 33.0. The minimum Gasteiger partial charge on any atom is -0.462 e. The first kappa shape index (κ1) is 62.8. The fraction of sp³-hybridized carbons (Fsp3) is 0.623. The van der Waals surface area contributed by atoms with Gasteiger partial charge in [-0.15, -0.1) is 0 Å². The van der Waals surface area contributed by atoms with Gasteiger partial charge in [-0.2, -0.15) is 0 Å². The molecular weight excluding hydrogens is 829 g/mol. The Hall–Kier alpha value is -4.19. The van der Waals surface area contributed by atoms with E-state index in [-0.39, 0.29) is 37.5 Å². The maximum Gasteiger partial charge on any atom is 0.306 e. The van der Waals surface area contributed by atoms with Gasteiger partial charge in [-0.1, -0.05) is 194 Å². The van der Waals surface area contributed by atoms with Crippen molar-refractivity contribution in [3.8, 4) is 0 Å². The van der Waals surface area contributed by atoms with E-state index in [0.29, 0.717) is 25.7 Å². The SMILES string of the molecule is CC/C=C\C/C=C\C/C=C\C/C=C\C/C=C\CCCCCC(=O)O[C@H](COC(=O)CCCC/C=C\C/C=C\C/C=C\CCCCC)COC(=O)CCCCCCC/C=C\C/C=C\CCCCC. The number of carbonyl (C=O) groups is 3. The smallest absolute Gasteiger partial charge is 0.306 e. The molecule has 0 aromatic carbocycles. The van der Waals surface area contributed by atoms with Crippen molar-refractivity contribution in [1.82, 2.24) is 0 Å². The molecule has 0 N–H and O–H groups in total. The molecule has 0 saturated heterocycles. The normalized spacial score (nSPS) is 13.1. The van der Waals surface area contributed by atoms with Crippen LogP contribution in [-0.2, 0) is 28.6 Å². The minimum atomic E-state index is -0.821. The molecule has 67 heavy (non-hydrogen) atoms. The van der Waals surface area contributed by atoms with Crippen LogP contribution in [-0.4, -0.2) is 37.2 Å². The summed E-state index contributed by atoms with van der Waals surface area (Å²) in [6, 6.07) is 0. The number of hydrogen-bond donors (Lipinski definition) is 0. The monoisotopic (exact) mass is 927 g/mol. The summed E-state index contributed by atoms with van der Waals surface area (Å²) in [5.41, 5.74) is 0. The van der Waals surface area contributed by atoms with Crippen LogP contribution in [0.5, 0.6) is 0 Å². The van der Waals surface area contributed by atoms with Crippen LogP contribution in [0.3, 0.4) is 0 Å². The summed E-state index contributed by atoms with van der Waals surface area (Å²) in [4.78, 5) is 38.1. The van der Waals surface area contributed by atoms with Gasteiger partial charge in [0.2, 0.25) is 0 Å². The van der Waals surface area contributed by atoms with E-state index < -0.39 is 6.10 Å². The maximum atomic E-state index is 12.8. The summed E-state index contributed by atoms with van der Waals surface area (Å²) in [7, 11) is 0. The third-order valence-electron chi connectivity index (χ3n) is 10.9. The van der Waals surface area contributed by atoms with Crippen LogP contribution in [0.25, 0.3) is 0 Å². The third-order valence-corrected chi connectivity index (χ3v) is 10.9. The number of ether oxygens (including phenoxy) is 3. The molecule has 6 nitrogen and oxygen atoms in total. The van der Waals surface area contributed by atoms with E-state index in [1.54, 1.807) is 0 Å². The first-order valence-electron chi connectivity index (χ1n) is 27.0. The molecule has 0 saturated carbocycles. The molecule has 0 aromatic rings. The number of esters is 3. The molecule has 6 heteroatoms. The van der Waals surface area contributed by atoms with Gasteiger partial charge in [0.25, 0.3) is 0 Å². The molecule has 378 valence electrons. The highest BCUT2D eigenvalue weighted by Crippen LogP contribution is 2.12. The van der Waals surface area contributed by atoms with E-state index in [9.17, 15) is 14.4 Å². The minimum absolute atomic E-state index is 0.114. The van der Waals surface area contributed by atoms with Gasteiger partial charge >= 0.3 is 17.9 Å². The van der Waals surface area contributed by atoms with Crippen LogP contribution >= 0.6 is 0 Å². The zero-order valence-electron chi connectivity index (χ0n) is 43.1. The summed E-state index contributed by atoms with van der Waals surface area (Å²) < 4.78 is 16.8. The second-order valence-electron chi connectivity index (χ2n) is 17.4. The lowest BCUT2D eigenvalue weighted by atomic mass is 10.1. The molecule has 0 unspecified atom stereocenters. The molecular formula is C61H98O6. The average Bonchev–Trinajstić information content (AvgIpc) is 3.33. The van der Waals surface area contributed by atoms with Crippen LogP contribution in [0.15, 0.2) is 122 Å². The lowest BCUT2D eigenvalue weighted by molar-refractivity contribution is -0.167. The van der Waals surface area contributed by atoms with E-state index >= 15 is 0 Å². The fourth-order valence-electron chi connectivity index (χ4n) is 6.86. The zero-order valence-corrected chi connectivity index (χ0v) is 43.1. The molecule has 0 rings (SSSR count). The molecule has 0 bridgehead atoms. The Morgan fingerprint density at radius 1 is 0.313 bits per heavy atom. The summed E-state index contributed by atoms with van der Waals surface area (Å²) in [5, 5.41) is 0. The van der Waals surface area contributed by atoms with E-state index in [1.807, 2.05) is 0 Å². The van der Waals surface area contributed by atoms with Gasteiger partial charge in [0.1, 0.15) is 13.2 Å². The topological polar surface area (TPSA) is 78.9 Å². The van der Waals surface area contributed by atoms with Gasteiger partial charge < -0.3 is 14.2 Å². The van der Waals surface area contributed by atoms with Crippen LogP contribution in [0, 0.1) is 0 Å². The molecule has 0 fully saturated rings. The van der Waals surface area contributed by atoms with E-state index in [2.05, 4.69) is 142 Å². The number of carbonyl (C=O) groups excluding carboxylic acids is 3. The van der Waals surface area contributed by atoms with Crippen molar-refractivity contribution in [2.45, 2.75) is 232 Å². The average molecular weight is 927 g/mol. The van der Waals surface area contributed by atoms with Gasteiger partial charge in [0.05, 0.1) is 0 Å². The first-order valence-corrected chi connectivity index (χ1v) is 27.0. The summed E-state index contributed by atoms with van der Waals surface area (Å²) in [6.07, 6.45) is 74.6. The molecule has 0 aliphatic rings. The molecule has 1 atom stereocenters. The van der Waals surface area contributed by atoms with Gasteiger partial charge in [-0.25, -0.2) is 0 Å². The Bertz CT molecular complexity index is 1440. The lowest BCUT2D eigenvalue weighted by Gasteiger charge is -2.18. The van der Waals surface area contributed by atoms with Crippen LogP contribution in [0.2, 0.25) is 0 Å². The van der Waals surface area contributed by atoms with Gasteiger partial charge in [-0.3, -0.25) is 14.4 Å². The Balaban J connectivity index is 4.56. The highest BCUT2D eigenvalue weighted by Gasteiger charge is 2.19. The van der Waals surface area contributed by atoms with Gasteiger partial charge in [0.15, 0.2) is 6.10 Å². The van der Waals surface area contributed by atoms with Crippen molar-refractivity contribution in [2.75, 3.05) is 13.2 Å². The Kier molecular flexibility index (Phi) is 51.0. The molecule has 0 amide bonds. The molecule has 0 aliphatic carbocycles. The van der Waals surface area contributed by atoms with Crippen molar-refractivity contribution in [3.05, 3.63) is 122 Å². The summed E-state index contributed by atoms with van der Waals surface area (Å²) in [6.45, 7) is 6.38. The largest absolute Gasteiger partial charge is 0.462 e. The predicted octanol–water partition coefficient (Wildman–Crippen LogP) is 18.1. The highest BCUT2D eigenvalue weighted by molar-refractivity contribution is 5.71. The Labute approximate surface area is 412 Å². The fourth-order valence-corrected chi connectivity index (χ4v) is 6.86. The standard InChI is InChI=1S/C61H98O6/c1-4-7-10-13-16-19-22-25-28-29-30-31-34-37-40-43-46-49-52-55-61(64)67-58(56-65-59(62)53-50-47-44-41-38-35-32-26-23-20-17-14-11-8-5-2)57-66-60(63)54-51-48-45-42-39-36-33-27-24-21-18-15-12-9-6-3/h7,10,16-21,25-28,30-33,37-38,40-41,58H,4-6,8-9,11-15,22-24,29,34-36,39,42-57H2,1-3H3/b10-7-,19-16-,20-17-,21-18-,28-25-,31-30-,32-26-,33-27-,40-37-,41-38-/t58-/m1/s1. The van der Waals surface area contributed by atoms with Crippen LogP contribution in [0.1, 0.15) is 226 Å². The Morgan fingerprint density at radius 3 is 0.955 bits per heavy atom. The second-order valence-corrected chi connectivity index (χ2v) is 17.4. The number of rotatable bonds is 47. The van der Waals surface area contributed by atoms with E-state index in [0.717, 1.165) is 122 Å². The van der Waals surface area contributed by atoms with Crippen molar-refractivity contribution in [2.24, 2.45) is 0 Å². The molecule has 0 aromatic heterocycles. The number of allylic oxidation sites excluding steroid dienone is 20. The number of unbranched alkanes of at least 4 members (excludes halogenated alkanes) is 16. The van der Waals surface area contributed by atoms with Gasteiger partial charge in [-0.05, 0) is 135 Å². The molecule has 0 aliphatic heterocycles. The quantitative estimate of drug-likeness (QED) is 0.0262. The second kappa shape index (κ2) is 54.4. The highest BCUT2D eigenvalue weighted by atomic mass is 16.6. The van der Waals surface area contributed by atoms with Crippen molar-refractivity contribution in [3.63, 3.8) is 0 Å². The van der Waals surface area contributed by atoms with E-state index in [1.165, 1.54) is 51.4 Å². The van der Waals surface area contributed by atoms with Crippen molar-refractivity contribution >= 4 is 17.9 Å². The maximum absolute atomic E-state index is 12.8. The Morgan fingerprint density at radius 2 is 0.582 bits per heavy atom. The number of hydrogen-bond acceptors (Lipinski definition) is 6.